The van der Waals surface area contributed by atoms with Crippen LogP contribution in [0.3, 0.4) is 0 Å². The highest BCUT2D eigenvalue weighted by Crippen LogP contribution is 2.30. The minimum atomic E-state index is -0.478. The van der Waals surface area contributed by atoms with Gasteiger partial charge in [-0.2, -0.15) is 0 Å². The van der Waals surface area contributed by atoms with Crippen molar-refractivity contribution in [3.05, 3.63) is 71.9 Å². The lowest BCUT2D eigenvalue weighted by Gasteiger charge is -2.33. The number of carbonyl (C=O) groups excluding carboxylic acids is 1. The normalized spacial score (nSPS) is 15.1. The van der Waals surface area contributed by atoms with Gasteiger partial charge in [-0.1, -0.05) is 36.4 Å². The first-order valence-electron chi connectivity index (χ1n) is 10.9. The van der Waals surface area contributed by atoms with E-state index in [2.05, 4.69) is 47.4 Å². The first-order valence-corrected chi connectivity index (χ1v) is 10.9. The summed E-state index contributed by atoms with van der Waals surface area (Å²) in [7, 11) is 0. The average Bonchev–Trinajstić information content (AvgIpc) is 2.74. The summed E-state index contributed by atoms with van der Waals surface area (Å²) in [6.07, 6.45) is 4.00. The van der Waals surface area contributed by atoms with Crippen molar-refractivity contribution in [2.24, 2.45) is 0 Å². The highest BCUT2D eigenvalue weighted by Gasteiger charge is 2.28. The third-order valence-corrected chi connectivity index (χ3v) is 5.37. The third kappa shape index (κ3) is 5.54. The van der Waals surface area contributed by atoms with Crippen LogP contribution < -0.4 is 4.74 Å². The molecular weight excluding hydrogens is 388 g/mol. The van der Waals surface area contributed by atoms with E-state index in [1.165, 1.54) is 11.1 Å². The van der Waals surface area contributed by atoms with Crippen LogP contribution in [0, 0.1) is 0 Å². The highest BCUT2D eigenvalue weighted by molar-refractivity contribution is 5.85. The van der Waals surface area contributed by atoms with Crippen molar-refractivity contribution in [3.63, 3.8) is 0 Å². The molecule has 0 saturated carbocycles. The van der Waals surface area contributed by atoms with Crippen LogP contribution >= 0.6 is 0 Å². The molecule has 1 saturated heterocycles. The number of hydrogen-bond donors (Lipinski definition) is 0. The molecule has 0 spiro atoms. The fraction of sp³-hybridized carbons (Fsp3) is 0.385. The number of likely N-dealkylation sites (tertiary alicyclic amines) is 1. The van der Waals surface area contributed by atoms with Crippen LogP contribution in [0.25, 0.3) is 10.9 Å². The Bertz CT molecular complexity index is 1040. The second-order valence-corrected chi connectivity index (χ2v) is 9.12. The van der Waals surface area contributed by atoms with Crippen LogP contribution in [0.5, 0.6) is 5.75 Å². The lowest BCUT2D eigenvalue weighted by Crippen LogP contribution is -2.44. The SMILES string of the molecule is CC(C)(C)OC(=O)N1CCC(Oc2cc(Cc3ccccc3)cc3cccnc23)CC1. The number of amides is 1. The Morgan fingerprint density at radius 3 is 2.48 bits per heavy atom. The number of aromatic nitrogens is 1. The fourth-order valence-electron chi connectivity index (χ4n) is 3.90. The summed E-state index contributed by atoms with van der Waals surface area (Å²) in [5, 5.41) is 1.08. The molecule has 0 aliphatic carbocycles. The van der Waals surface area contributed by atoms with Crippen molar-refractivity contribution < 1.29 is 14.3 Å². The quantitative estimate of drug-likeness (QED) is 0.553. The van der Waals surface area contributed by atoms with Gasteiger partial charge in [-0.05, 0) is 56.5 Å². The van der Waals surface area contributed by atoms with E-state index in [1.54, 1.807) is 11.1 Å². The van der Waals surface area contributed by atoms with Gasteiger partial charge in [0.2, 0.25) is 0 Å². The highest BCUT2D eigenvalue weighted by atomic mass is 16.6. The van der Waals surface area contributed by atoms with Crippen molar-refractivity contribution in [3.8, 4) is 5.75 Å². The number of fused-ring (bicyclic) bond motifs is 1. The Labute approximate surface area is 184 Å². The molecular formula is C26H30N2O3. The molecule has 1 fully saturated rings. The maximum absolute atomic E-state index is 12.3. The maximum Gasteiger partial charge on any atom is 0.410 e. The summed E-state index contributed by atoms with van der Waals surface area (Å²) in [6, 6.07) is 18.8. The zero-order valence-corrected chi connectivity index (χ0v) is 18.5. The lowest BCUT2D eigenvalue weighted by atomic mass is 10.0. The van der Waals surface area contributed by atoms with Gasteiger partial charge in [-0.3, -0.25) is 4.98 Å². The second kappa shape index (κ2) is 8.96. The molecule has 162 valence electrons. The van der Waals surface area contributed by atoms with E-state index >= 15 is 0 Å². The van der Waals surface area contributed by atoms with Crippen LogP contribution in [-0.4, -0.2) is 40.8 Å². The molecule has 5 nitrogen and oxygen atoms in total. The van der Waals surface area contributed by atoms with Gasteiger partial charge >= 0.3 is 6.09 Å². The fourth-order valence-corrected chi connectivity index (χ4v) is 3.90. The van der Waals surface area contributed by atoms with Gasteiger partial charge in [-0.25, -0.2) is 4.79 Å². The third-order valence-electron chi connectivity index (χ3n) is 5.37. The Morgan fingerprint density at radius 1 is 1.03 bits per heavy atom. The van der Waals surface area contributed by atoms with Gasteiger partial charge < -0.3 is 14.4 Å². The van der Waals surface area contributed by atoms with E-state index in [1.807, 2.05) is 32.9 Å². The molecule has 4 rings (SSSR count). The first kappa shape index (κ1) is 21.2. The van der Waals surface area contributed by atoms with E-state index in [-0.39, 0.29) is 12.2 Å². The van der Waals surface area contributed by atoms with E-state index in [9.17, 15) is 4.79 Å². The molecule has 0 bridgehead atoms. The van der Waals surface area contributed by atoms with Crippen LogP contribution in [0.4, 0.5) is 4.79 Å². The van der Waals surface area contributed by atoms with Gasteiger partial charge in [0.15, 0.2) is 0 Å². The Balaban J connectivity index is 1.47. The largest absolute Gasteiger partial charge is 0.488 e. The molecule has 5 heteroatoms. The average molecular weight is 419 g/mol. The van der Waals surface area contributed by atoms with Crippen molar-refractivity contribution in [2.75, 3.05) is 13.1 Å². The molecule has 1 amide bonds. The minimum absolute atomic E-state index is 0.0517. The minimum Gasteiger partial charge on any atom is -0.488 e. The number of nitrogens with zero attached hydrogens (tertiary/aromatic N) is 2. The van der Waals surface area contributed by atoms with Gasteiger partial charge in [0.25, 0.3) is 0 Å². The molecule has 1 aromatic heterocycles. The van der Waals surface area contributed by atoms with Crippen molar-refractivity contribution >= 4 is 17.0 Å². The standard InChI is InChI=1S/C26H30N2O3/c1-26(2,3)31-25(29)28-14-11-22(12-15-28)30-23-18-20(16-19-8-5-4-6-9-19)17-21-10-7-13-27-24(21)23/h4-10,13,17-18,22H,11-12,14-16H2,1-3H3. The van der Waals surface area contributed by atoms with Crippen LogP contribution in [0.2, 0.25) is 0 Å². The number of benzene rings is 2. The maximum atomic E-state index is 12.3. The predicted octanol–water partition coefficient (Wildman–Crippen LogP) is 5.60. The monoisotopic (exact) mass is 418 g/mol. The molecule has 1 aliphatic heterocycles. The zero-order valence-electron chi connectivity index (χ0n) is 18.5. The predicted molar refractivity (Wildman–Crippen MR) is 122 cm³/mol. The molecule has 3 aromatic rings. The topological polar surface area (TPSA) is 51.7 Å². The molecule has 0 N–H and O–H groups in total. The zero-order chi connectivity index (χ0) is 21.8. The number of ether oxygens (including phenoxy) is 2. The van der Waals surface area contributed by atoms with Crippen molar-refractivity contribution in [2.45, 2.75) is 51.7 Å². The van der Waals surface area contributed by atoms with E-state index in [0.717, 1.165) is 35.9 Å². The Morgan fingerprint density at radius 2 is 1.77 bits per heavy atom. The van der Waals surface area contributed by atoms with Gasteiger partial charge in [-0.15, -0.1) is 0 Å². The summed E-state index contributed by atoms with van der Waals surface area (Å²) in [6.45, 7) is 6.94. The molecule has 2 heterocycles. The molecule has 31 heavy (non-hydrogen) atoms. The summed E-state index contributed by atoms with van der Waals surface area (Å²) < 4.78 is 11.9. The smallest absolute Gasteiger partial charge is 0.410 e. The van der Waals surface area contributed by atoms with Crippen molar-refractivity contribution in [1.82, 2.24) is 9.88 Å². The van der Waals surface area contributed by atoms with Crippen LogP contribution in [0.15, 0.2) is 60.8 Å². The summed E-state index contributed by atoms with van der Waals surface area (Å²) in [4.78, 5) is 18.7. The van der Waals surface area contributed by atoms with E-state index in [4.69, 9.17) is 9.47 Å². The number of piperidine rings is 1. The number of hydrogen-bond acceptors (Lipinski definition) is 4. The Kier molecular flexibility index (Phi) is 6.12. The molecule has 0 radical (unpaired) electrons. The molecule has 0 atom stereocenters. The van der Waals surface area contributed by atoms with Gasteiger partial charge in [0.05, 0.1) is 0 Å². The summed E-state index contributed by atoms with van der Waals surface area (Å²) in [5.74, 6) is 0.819. The van der Waals surface area contributed by atoms with Gasteiger partial charge in [0.1, 0.15) is 23.0 Å². The molecule has 0 unspecified atom stereocenters. The first-order chi connectivity index (χ1) is 14.9. The van der Waals surface area contributed by atoms with Gasteiger partial charge in [0, 0.05) is 37.5 Å². The van der Waals surface area contributed by atoms with Crippen molar-refractivity contribution in [1.29, 1.82) is 0 Å². The summed E-state index contributed by atoms with van der Waals surface area (Å²) >= 11 is 0. The molecule has 2 aromatic carbocycles. The van der Waals surface area contributed by atoms with Crippen LogP contribution in [-0.2, 0) is 11.2 Å². The number of carbonyl (C=O) groups is 1. The van der Waals surface area contributed by atoms with E-state index < -0.39 is 5.60 Å². The second-order valence-electron chi connectivity index (χ2n) is 9.12. The number of rotatable bonds is 4. The summed E-state index contributed by atoms with van der Waals surface area (Å²) in [5.41, 5.74) is 2.87. The lowest BCUT2D eigenvalue weighted by molar-refractivity contribution is 0.0127. The Hall–Kier alpha value is -3.08. The van der Waals surface area contributed by atoms with Crippen LogP contribution in [0.1, 0.15) is 44.7 Å². The number of pyridine rings is 1. The molecule has 1 aliphatic rings. The van der Waals surface area contributed by atoms with E-state index in [0.29, 0.717) is 13.1 Å².